The normalized spacial score (nSPS) is 30.0. The van der Waals surface area contributed by atoms with Crippen LogP contribution in [0.2, 0.25) is 0 Å². The number of nitro groups is 1. The fourth-order valence-corrected chi connectivity index (χ4v) is 2.25. The summed E-state index contributed by atoms with van der Waals surface area (Å²) in [6.07, 6.45) is 6.85. The lowest BCUT2D eigenvalue weighted by atomic mass is 9.79. The van der Waals surface area contributed by atoms with Gasteiger partial charge in [0.15, 0.2) is 0 Å². The Balaban J connectivity index is 2.20. The van der Waals surface area contributed by atoms with Gasteiger partial charge in [-0.1, -0.05) is 12.2 Å². The van der Waals surface area contributed by atoms with Gasteiger partial charge in [-0.05, 0) is 19.3 Å². The molecule has 0 bridgehead atoms. The van der Waals surface area contributed by atoms with Gasteiger partial charge in [0.25, 0.3) is 5.54 Å². The summed E-state index contributed by atoms with van der Waals surface area (Å²) in [6.45, 7) is 0.496. The lowest BCUT2D eigenvalue weighted by molar-refractivity contribution is -0.596. The Morgan fingerprint density at radius 1 is 1.40 bits per heavy atom. The number of nitrogens with zero attached hydrogens (tertiary/aromatic N) is 1. The number of ether oxygens (including phenoxy) is 2. The molecule has 0 amide bonds. The molecule has 1 fully saturated rings. The Bertz CT molecular complexity index is 271. The maximum atomic E-state index is 11.2. The molecule has 84 valence electrons. The highest BCUT2D eigenvalue weighted by Crippen LogP contribution is 2.33. The Labute approximate surface area is 88.2 Å². The van der Waals surface area contributed by atoms with Gasteiger partial charge in [-0.3, -0.25) is 10.1 Å². The SMILES string of the molecule is O=[N+]([O-])C1([C@H]2C=CCCC2)COCOC1. The molecule has 0 aromatic rings. The Kier molecular flexibility index (Phi) is 3.02. The second-order valence-corrected chi connectivity index (χ2v) is 4.14. The predicted octanol–water partition coefficient (Wildman–Crippen LogP) is 1.36. The Morgan fingerprint density at radius 3 is 2.67 bits per heavy atom. The van der Waals surface area contributed by atoms with Crippen molar-refractivity contribution in [1.82, 2.24) is 0 Å². The van der Waals surface area contributed by atoms with Crippen LogP contribution in [0, 0.1) is 16.0 Å². The topological polar surface area (TPSA) is 61.6 Å². The first kappa shape index (κ1) is 10.6. The average Bonchev–Trinajstić information content (AvgIpc) is 2.31. The number of hydrogen-bond donors (Lipinski definition) is 0. The summed E-state index contributed by atoms with van der Waals surface area (Å²) in [4.78, 5) is 11.0. The highest BCUT2D eigenvalue weighted by molar-refractivity contribution is 5.03. The van der Waals surface area contributed by atoms with E-state index < -0.39 is 5.54 Å². The Morgan fingerprint density at radius 2 is 2.13 bits per heavy atom. The summed E-state index contributed by atoms with van der Waals surface area (Å²) in [5.41, 5.74) is -1.06. The van der Waals surface area contributed by atoms with Gasteiger partial charge in [0.1, 0.15) is 20.0 Å². The maximum Gasteiger partial charge on any atom is 0.274 e. The van der Waals surface area contributed by atoms with Crippen LogP contribution in [0.25, 0.3) is 0 Å². The molecule has 0 radical (unpaired) electrons. The zero-order valence-electron chi connectivity index (χ0n) is 8.55. The van der Waals surface area contributed by atoms with Gasteiger partial charge in [-0.2, -0.15) is 0 Å². The first-order valence-electron chi connectivity index (χ1n) is 5.22. The van der Waals surface area contributed by atoms with Gasteiger partial charge in [0, 0.05) is 4.92 Å². The largest absolute Gasteiger partial charge is 0.348 e. The molecule has 0 aromatic carbocycles. The van der Waals surface area contributed by atoms with Crippen molar-refractivity contribution in [1.29, 1.82) is 0 Å². The second-order valence-electron chi connectivity index (χ2n) is 4.14. The van der Waals surface area contributed by atoms with Gasteiger partial charge in [0.2, 0.25) is 0 Å². The lowest BCUT2D eigenvalue weighted by Gasteiger charge is -2.35. The molecule has 2 rings (SSSR count). The van der Waals surface area contributed by atoms with Crippen molar-refractivity contribution in [3.8, 4) is 0 Å². The van der Waals surface area contributed by atoms with Crippen LogP contribution < -0.4 is 0 Å². The summed E-state index contributed by atoms with van der Waals surface area (Å²) >= 11 is 0. The monoisotopic (exact) mass is 213 g/mol. The van der Waals surface area contributed by atoms with E-state index in [1.165, 1.54) is 0 Å². The van der Waals surface area contributed by atoms with E-state index in [9.17, 15) is 10.1 Å². The van der Waals surface area contributed by atoms with Crippen molar-refractivity contribution in [2.45, 2.75) is 24.8 Å². The van der Waals surface area contributed by atoms with Gasteiger partial charge in [-0.25, -0.2) is 0 Å². The smallest absolute Gasteiger partial charge is 0.274 e. The van der Waals surface area contributed by atoms with Gasteiger partial charge >= 0.3 is 0 Å². The molecule has 1 heterocycles. The van der Waals surface area contributed by atoms with E-state index in [-0.39, 0.29) is 30.8 Å². The molecule has 5 nitrogen and oxygen atoms in total. The van der Waals surface area contributed by atoms with Crippen LogP contribution in [0.4, 0.5) is 0 Å². The molecule has 2 aliphatic rings. The molecule has 1 saturated heterocycles. The minimum absolute atomic E-state index is 0.0541. The van der Waals surface area contributed by atoms with Gasteiger partial charge in [-0.15, -0.1) is 0 Å². The Hall–Kier alpha value is -0.940. The number of rotatable bonds is 2. The van der Waals surface area contributed by atoms with E-state index in [1.54, 1.807) is 0 Å². The number of allylic oxidation sites excluding steroid dienone is 1. The molecular formula is C10H15NO4. The van der Waals surface area contributed by atoms with E-state index in [4.69, 9.17) is 9.47 Å². The van der Waals surface area contributed by atoms with Crippen molar-refractivity contribution in [3.63, 3.8) is 0 Å². The molecule has 0 N–H and O–H groups in total. The summed E-state index contributed by atoms with van der Waals surface area (Å²) in [5.74, 6) is -0.0541. The average molecular weight is 213 g/mol. The molecule has 0 aromatic heterocycles. The van der Waals surface area contributed by atoms with Crippen molar-refractivity contribution in [2.75, 3.05) is 20.0 Å². The van der Waals surface area contributed by atoms with Crippen molar-refractivity contribution in [2.24, 2.45) is 5.92 Å². The summed E-state index contributed by atoms with van der Waals surface area (Å²) in [7, 11) is 0. The molecule has 5 heteroatoms. The standard InChI is InChI=1S/C10H15NO4/c12-11(13)10(6-14-8-15-7-10)9-4-2-1-3-5-9/h2,4,9H,1,3,5-8H2/t9-/m0/s1. The first-order valence-corrected chi connectivity index (χ1v) is 5.22. The number of hydrogen-bond acceptors (Lipinski definition) is 4. The van der Waals surface area contributed by atoms with Gasteiger partial charge < -0.3 is 9.47 Å². The molecular weight excluding hydrogens is 198 g/mol. The maximum absolute atomic E-state index is 11.2. The third-order valence-electron chi connectivity index (χ3n) is 3.18. The van der Waals surface area contributed by atoms with E-state index in [2.05, 4.69) is 0 Å². The molecule has 0 spiro atoms. The van der Waals surface area contributed by atoms with Crippen LogP contribution >= 0.6 is 0 Å². The molecule has 1 aliphatic heterocycles. The molecule has 1 aliphatic carbocycles. The zero-order chi connectivity index (χ0) is 10.7. The second kappa shape index (κ2) is 4.28. The molecule has 1 atom stereocenters. The third kappa shape index (κ3) is 1.89. The fourth-order valence-electron chi connectivity index (χ4n) is 2.25. The molecule has 15 heavy (non-hydrogen) atoms. The van der Waals surface area contributed by atoms with Gasteiger partial charge in [0.05, 0.1) is 5.92 Å². The lowest BCUT2D eigenvalue weighted by Crippen LogP contribution is -2.55. The third-order valence-corrected chi connectivity index (χ3v) is 3.18. The summed E-state index contributed by atoms with van der Waals surface area (Å²) in [5, 5.41) is 11.2. The summed E-state index contributed by atoms with van der Waals surface area (Å²) < 4.78 is 10.2. The minimum atomic E-state index is -1.06. The zero-order valence-corrected chi connectivity index (χ0v) is 8.55. The van der Waals surface area contributed by atoms with E-state index >= 15 is 0 Å². The van der Waals surface area contributed by atoms with Crippen molar-refractivity contribution in [3.05, 3.63) is 22.3 Å². The summed E-state index contributed by atoms with van der Waals surface area (Å²) in [6, 6.07) is 0. The quantitative estimate of drug-likeness (QED) is 0.395. The minimum Gasteiger partial charge on any atom is -0.348 e. The van der Waals surface area contributed by atoms with E-state index in [0.29, 0.717) is 0 Å². The van der Waals surface area contributed by atoms with E-state index in [1.807, 2.05) is 12.2 Å². The fraction of sp³-hybridized carbons (Fsp3) is 0.800. The van der Waals surface area contributed by atoms with Crippen LogP contribution in [0.5, 0.6) is 0 Å². The highest BCUT2D eigenvalue weighted by atomic mass is 16.7. The molecule has 0 saturated carbocycles. The highest BCUT2D eigenvalue weighted by Gasteiger charge is 2.51. The van der Waals surface area contributed by atoms with E-state index in [0.717, 1.165) is 19.3 Å². The van der Waals surface area contributed by atoms with Crippen LogP contribution in [-0.2, 0) is 9.47 Å². The first-order chi connectivity index (χ1) is 7.26. The van der Waals surface area contributed by atoms with Crippen LogP contribution in [0.1, 0.15) is 19.3 Å². The van der Waals surface area contributed by atoms with Crippen LogP contribution in [-0.4, -0.2) is 30.5 Å². The van der Waals surface area contributed by atoms with Crippen LogP contribution in [0.15, 0.2) is 12.2 Å². The molecule has 0 unspecified atom stereocenters. The predicted molar refractivity (Wildman–Crippen MR) is 53.0 cm³/mol. The van der Waals surface area contributed by atoms with Crippen LogP contribution in [0.3, 0.4) is 0 Å². The van der Waals surface area contributed by atoms with Crippen molar-refractivity contribution >= 4 is 0 Å². The van der Waals surface area contributed by atoms with Crippen molar-refractivity contribution < 1.29 is 14.4 Å².